The molecular weight excluding hydrogens is 289 g/mol. The first-order chi connectivity index (χ1) is 5.65. The lowest BCUT2D eigenvalue weighted by Gasteiger charge is -2.09. The van der Waals surface area contributed by atoms with Crippen LogP contribution in [0.1, 0.15) is 10.5 Å². The number of hydrogen-bond donors (Lipinski definition) is 1. The van der Waals surface area contributed by atoms with Crippen LogP contribution < -0.4 is 5.32 Å². The summed E-state index contributed by atoms with van der Waals surface area (Å²) in [7, 11) is 1.76. The van der Waals surface area contributed by atoms with Crippen molar-refractivity contribution in [1.29, 1.82) is 0 Å². The van der Waals surface area contributed by atoms with Gasteiger partial charge in [-0.3, -0.25) is 0 Å². The fourth-order valence-electron chi connectivity index (χ4n) is 0.864. The summed E-state index contributed by atoms with van der Waals surface area (Å²) in [5.41, 5.74) is 0.604. The molecule has 0 saturated carbocycles. The molecule has 66 valence electrons. The van der Waals surface area contributed by atoms with Crippen LogP contribution in [0.4, 0.5) is 4.39 Å². The molecule has 12 heavy (non-hydrogen) atoms. The first kappa shape index (κ1) is 10.2. The van der Waals surface area contributed by atoms with Gasteiger partial charge in [-0.1, -0.05) is 31.9 Å². The normalized spacial score (nSPS) is 13.0. The zero-order chi connectivity index (χ0) is 9.14. The van der Waals surface area contributed by atoms with Gasteiger partial charge < -0.3 is 5.32 Å². The summed E-state index contributed by atoms with van der Waals surface area (Å²) in [6.45, 7) is 0. The fourth-order valence-corrected chi connectivity index (χ4v) is 1.59. The van der Waals surface area contributed by atoms with E-state index in [0.29, 0.717) is 5.56 Å². The van der Waals surface area contributed by atoms with E-state index < -0.39 is 0 Å². The predicted octanol–water partition coefficient (Wildman–Crippen LogP) is 3.20. The Labute approximate surface area is 87.6 Å². The van der Waals surface area contributed by atoms with Gasteiger partial charge >= 0.3 is 0 Å². The Hall–Kier alpha value is 0.0700. The van der Waals surface area contributed by atoms with Gasteiger partial charge in [-0.15, -0.1) is 0 Å². The van der Waals surface area contributed by atoms with Crippen LogP contribution in [-0.2, 0) is 0 Å². The maximum atomic E-state index is 13.1. The zero-order valence-corrected chi connectivity index (χ0v) is 9.62. The van der Waals surface area contributed by atoms with E-state index in [1.807, 2.05) is 0 Å². The molecule has 0 spiro atoms. The standard InChI is InChI=1S/C8H8Br2FN/c1-12-8(10)6-4-5(9)2-3-7(6)11/h2-4,8,12H,1H3. The van der Waals surface area contributed by atoms with Gasteiger partial charge in [0.2, 0.25) is 0 Å². The van der Waals surface area contributed by atoms with Crippen molar-refractivity contribution in [2.45, 2.75) is 4.95 Å². The lowest BCUT2D eigenvalue weighted by atomic mass is 10.2. The number of benzene rings is 1. The molecule has 1 aromatic rings. The molecule has 1 N–H and O–H groups in total. The van der Waals surface area contributed by atoms with Crippen molar-refractivity contribution in [3.05, 3.63) is 34.1 Å². The van der Waals surface area contributed by atoms with Crippen molar-refractivity contribution >= 4 is 31.9 Å². The minimum absolute atomic E-state index is 0.144. The Morgan fingerprint density at radius 2 is 2.17 bits per heavy atom. The lowest BCUT2D eigenvalue weighted by Crippen LogP contribution is -2.10. The predicted molar refractivity (Wildman–Crippen MR) is 54.8 cm³/mol. The van der Waals surface area contributed by atoms with Crippen LogP contribution in [-0.4, -0.2) is 7.05 Å². The van der Waals surface area contributed by atoms with Gasteiger partial charge in [0, 0.05) is 10.0 Å². The molecule has 1 atom stereocenters. The fraction of sp³-hybridized carbons (Fsp3) is 0.250. The lowest BCUT2D eigenvalue weighted by molar-refractivity contribution is 0.599. The third-order valence-electron chi connectivity index (χ3n) is 1.48. The second-order valence-electron chi connectivity index (χ2n) is 2.32. The van der Waals surface area contributed by atoms with Gasteiger partial charge in [-0.25, -0.2) is 4.39 Å². The van der Waals surface area contributed by atoms with Crippen LogP contribution in [0.5, 0.6) is 0 Å². The van der Waals surface area contributed by atoms with Crippen molar-refractivity contribution in [1.82, 2.24) is 5.32 Å². The first-order valence-electron chi connectivity index (χ1n) is 3.41. The topological polar surface area (TPSA) is 12.0 Å². The highest BCUT2D eigenvalue weighted by atomic mass is 79.9. The summed E-state index contributed by atoms with van der Waals surface area (Å²) in [6.07, 6.45) is 0. The third kappa shape index (κ3) is 2.28. The average Bonchev–Trinajstić information content (AvgIpc) is 2.08. The molecule has 0 radical (unpaired) electrons. The van der Waals surface area contributed by atoms with E-state index in [4.69, 9.17) is 0 Å². The molecule has 1 rings (SSSR count). The second kappa shape index (κ2) is 4.35. The van der Waals surface area contributed by atoms with E-state index in [1.165, 1.54) is 6.07 Å². The van der Waals surface area contributed by atoms with Gasteiger partial charge in [0.05, 0.1) is 4.95 Å². The van der Waals surface area contributed by atoms with Crippen molar-refractivity contribution in [3.8, 4) is 0 Å². The van der Waals surface area contributed by atoms with E-state index in [1.54, 1.807) is 19.2 Å². The van der Waals surface area contributed by atoms with E-state index in [-0.39, 0.29) is 10.8 Å². The van der Waals surface area contributed by atoms with Gasteiger partial charge in [-0.05, 0) is 25.2 Å². The van der Waals surface area contributed by atoms with Gasteiger partial charge in [0.15, 0.2) is 0 Å². The minimum Gasteiger partial charge on any atom is -0.304 e. The number of halogens is 3. The molecule has 0 aliphatic heterocycles. The minimum atomic E-state index is -0.213. The summed E-state index contributed by atoms with van der Waals surface area (Å²) >= 11 is 6.58. The highest BCUT2D eigenvalue weighted by Crippen LogP contribution is 2.25. The van der Waals surface area contributed by atoms with Crippen molar-refractivity contribution in [3.63, 3.8) is 0 Å². The Kier molecular flexibility index (Phi) is 3.68. The summed E-state index contributed by atoms with van der Waals surface area (Å²) in [5, 5.41) is 2.91. The molecule has 0 bridgehead atoms. The van der Waals surface area contributed by atoms with Gasteiger partial charge in [-0.2, -0.15) is 0 Å². The molecule has 0 amide bonds. The van der Waals surface area contributed by atoms with Gasteiger partial charge in [0.1, 0.15) is 5.82 Å². The highest BCUT2D eigenvalue weighted by molar-refractivity contribution is 9.10. The van der Waals surface area contributed by atoms with Crippen molar-refractivity contribution in [2.24, 2.45) is 0 Å². The molecule has 1 nitrogen and oxygen atoms in total. The summed E-state index contributed by atoms with van der Waals surface area (Å²) in [5.74, 6) is -0.213. The Morgan fingerprint density at radius 1 is 1.50 bits per heavy atom. The van der Waals surface area contributed by atoms with E-state index in [9.17, 15) is 4.39 Å². The summed E-state index contributed by atoms with van der Waals surface area (Å²) < 4.78 is 14.0. The number of alkyl halides is 1. The maximum Gasteiger partial charge on any atom is 0.128 e. The monoisotopic (exact) mass is 295 g/mol. The third-order valence-corrected chi connectivity index (χ3v) is 2.93. The first-order valence-corrected chi connectivity index (χ1v) is 5.12. The molecule has 0 aliphatic carbocycles. The van der Waals surface area contributed by atoms with Crippen molar-refractivity contribution < 1.29 is 4.39 Å². The van der Waals surface area contributed by atoms with E-state index in [2.05, 4.69) is 37.2 Å². The summed E-state index contributed by atoms with van der Waals surface area (Å²) in [4.78, 5) is -0.144. The zero-order valence-electron chi connectivity index (χ0n) is 6.44. The highest BCUT2D eigenvalue weighted by Gasteiger charge is 2.09. The quantitative estimate of drug-likeness (QED) is 0.653. The Balaban J connectivity index is 3.04. The molecule has 1 aromatic carbocycles. The smallest absolute Gasteiger partial charge is 0.128 e. The number of hydrogen-bond acceptors (Lipinski definition) is 1. The Bertz CT molecular complexity index is 278. The molecule has 0 aliphatic rings. The largest absolute Gasteiger partial charge is 0.304 e. The van der Waals surface area contributed by atoms with Crippen LogP contribution in [0.2, 0.25) is 0 Å². The van der Waals surface area contributed by atoms with Crippen LogP contribution in [0.25, 0.3) is 0 Å². The van der Waals surface area contributed by atoms with Gasteiger partial charge in [0.25, 0.3) is 0 Å². The van der Waals surface area contributed by atoms with Crippen LogP contribution in [0.3, 0.4) is 0 Å². The van der Waals surface area contributed by atoms with E-state index in [0.717, 1.165) is 4.47 Å². The second-order valence-corrected chi connectivity index (χ2v) is 4.15. The molecule has 0 saturated heterocycles. The molecule has 0 fully saturated rings. The summed E-state index contributed by atoms with van der Waals surface area (Å²) in [6, 6.07) is 4.85. The van der Waals surface area contributed by atoms with E-state index >= 15 is 0 Å². The number of rotatable bonds is 2. The molecule has 0 heterocycles. The van der Waals surface area contributed by atoms with Crippen LogP contribution in [0, 0.1) is 5.82 Å². The van der Waals surface area contributed by atoms with Crippen molar-refractivity contribution in [2.75, 3.05) is 7.05 Å². The molecule has 0 aromatic heterocycles. The maximum absolute atomic E-state index is 13.1. The molecule has 1 unspecified atom stereocenters. The Morgan fingerprint density at radius 3 is 2.75 bits per heavy atom. The van der Waals surface area contributed by atoms with Crippen LogP contribution in [0.15, 0.2) is 22.7 Å². The number of nitrogens with one attached hydrogen (secondary N) is 1. The molecule has 4 heteroatoms. The van der Waals surface area contributed by atoms with Crippen LogP contribution >= 0.6 is 31.9 Å². The average molecular weight is 297 g/mol. The molecular formula is C8H8Br2FN. The SMILES string of the molecule is CNC(Br)c1cc(Br)ccc1F.